The lowest BCUT2D eigenvalue weighted by Gasteiger charge is -2.23. The average Bonchev–Trinajstić information content (AvgIpc) is 3.30. The highest BCUT2D eigenvalue weighted by Crippen LogP contribution is 2.33. The number of aromatic nitrogens is 4. The number of nitrogens with zero attached hydrogens (tertiary/aromatic N) is 4. The maximum atomic E-state index is 4.82. The van der Waals surface area contributed by atoms with Crippen LogP contribution in [0.1, 0.15) is 40.8 Å². The zero-order valence-electron chi connectivity index (χ0n) is 14.0. The van der Waals surface area contributed by atoms with Gasteiger partial charge in [0.25, 0.3) is 0 Å². The highest BCUT2D eigenvalue weighted by Gasteiger charge is 2.29. The van der Waals surface area contributed by atoms with E-state index in [-0.39, 0.29) is 0 Å². The molecule has 0 spiro atoms. The number of nitrogens with one attached hydrogen (secondary N) is 1. The van der Waals surface area contributed by atoms with Crippen molar-refractivity contribution < 1.29 is 0 Å². The van der Waals surface area contributed by atoms with E-state index in [1.807, 2.05) is 30.5 Å². The maximum absolute atomic E-state index is 4.82. The minimum Gasteiger partial charge on any atom is -0.343 e. The molecule has 0 radical (unpaired) electrons. The minimum absolute atomic E-state index is 0.292. The second-order valence-corrected chi connectivity index (χ2v) is 7.35. The molecule has 1 aliphatic heterocycles. The molecule has 0 saturated carbocycles. The lowest BCUT2D eigenvalue weighted by Crippen LogP contribution is -2.24. The summed E-state index contributed by atoms with van der Waals surface area (Å²) in [6.07, 6.45) is 5.90. The first-order chi connectivity index (χ1) is 11.7. The molecule has 1 fully saturated rings. The number of imidazole rings is 1. The fourth-order valence-corrected chi connectivity index (χ4v) is 4.26. The molecule has 0 unspecified atom stereocenters. The predicted octanol–water partition coefficient (Wildman–Crippen LogP) is 3.88. The third-order valence-electron chi connectivity index (χ3n) is 4.59. The summed E-state index contributed by atoms with van der Waals surface area (Å²) in [6.45, 7) is 6.31. The van der Waals surface area contributed by atoms with Gasteiger partial charge in [-0.2, -0.15) is 0 Å². The Labute approximate surface area is 145 Å². The van der Waals surface area contributed by atoms with Gasteiger partial charge in [0, 0.05) is 29.5 Å². The molecule has 24 heavy (non-hydrogen) atoms. The van der Waals surface area contributed by atoms with Crippen LogP contribution in [0.4, 0.5) is 0 Å². The van der Waals surface area contributed by atoms with Crippen molar-refractivity contribution in [3.63, 3.8) is 0 Å². The van der Waals surface area contributed by atoms with Gasteiger partial charge in [0.2, 0.25) is 0 Å². The summed E-state index contributed by atoms with van der Waals surface area (Å²) in [4.78, 5) is 21.0. The maximum Gasteiger partial charge on any atom is 0.156 e. The van der Waals surface area contributed by atoms with Crippen molar-refractivity contribution in [1.29, 1.82) is 0 Å². The van der Waals surface area contributed by atoms with Gasteiger partial charge >= 0.3 is 0 Å². The summed E-state index contributed by atoms with van der Waals surface area (Å²) in [5, 5.41) is 2.17. The van der Waals surface area contributed by atoms with Gasteiger partial charge in [-0.3, -0.25) is 4.90 Å². The summed E-state index contributed by atoms with van der Waals surface area (Å²) in [6, 6.07) is 4.48. The van der Waals surface area contributed by atoms with E-state index in [2.05, 4.69) is 33.2 Å². The molecule has 6 heteroatoms. The van der Waals surface area contributed by atoms with Gasteiger partial charge in [-0.15, -0.1) is 11.3 Å². The molecule has 0 aromatic carbocycles. The standard InChI is InChI=1S/C18H21N5S/c1-12-5-9-24-16(12)11-23-8-3-4-15(23)18-21-13(2)10-14(22-18)17-19-6-7-20-17/h5-7,9-10,15H,3-4,8,11H2,1-2H3,(H,19,20)/t15-/m0/s1. The molecule has 0 aliphatic carbocycles. The van der Waals surface area contributed by atoms with Crippen molar-refractivity contribution in [3.8, 4) is 11.5 Å². The van der Waals surface area contributed by atoms with Gasteiger partial charge in [0.15, 0.2) is 5.82 Å². The molecule has 1 aliphatic rings. The lowest BCUT2D eigenvalue weighted by atomic mass is 10.2. The van der Waals surface area contributed by atoms with Gasteiger partial charge in [-0.1, -0.05) is 0 Å². The topological polar surface area (TPSA) is 57.7 Å². The van der Waals surface area contributed by atoms with Crippen molar-refractivity contribution in [2.45, 2.75) is 39.3 Å². The molecule has 3 aromatic rings. The SMILES string of the molecule is Cc1cc(-c2ncc[nH]2)nc([C@@H]2CCCN2Cc2sccc2C)n1. The fraction of sp³-hybridized carbons (Fsp3) is 0.389. The van der Waals surface area contributed by atoms with Crippen LogP contribution >= 0.6 is 11.3 Å². The molecule has 1 N–H and O–H groups in total. The van der Waals surface area contributed by atoms with Gasteiger partial charge in [0.05, 0.1) is 6.04 Å². The van der Waals surface area contributed by atoms with Gasteiger partial charge in [0.1, 0.15) is 11.5 Å². The molecular weight excluding hydrogens is 318 g/mol. The molecular formula is C18H21N5S. The molecule has 1 atom stereocenters. The van der Waals surface area contributed by atoms with E-state index in [4.69, 9.17) is 9.97 Å². The number of likely N-dealkylation sites (tertiary alicyclic amines) is 1. The Kier molecular flexibility index (Phi) is 4.16. The van der Waals surface area contributed by atoms with E-state index in [0.717, 1.165) is 42.5 Å². The van der Waals surface area contributed by atoms with Gasteiger partial charge in [-0.05, 0) is 56.3 Å². The molecule has 0 bridgehead atoms. The third kappa shape index (κ3) is 2.99. The van der Waals surface area contributed by atoms with Crippen LogP contribution in [0.15, 0.2) is 29.9 Å². The second kappa shape index (κ2) is 6.45. The van der Waals surface area contributed by atoms with Gasteiger partial charge < -0.3 is 4.98 Å². The van der Waals surface area contributed by atoms with Crippen LogP contribution in [0.3, 0.4) is 0 Å². The number of thiophene rings is 1. The van der Waals surface area contributed by atoms with Crippen molar-refractivity contribution in [3.05, 3.63) is 51.9 Å². The van der Waals surface area contributed by atoms with Crippen LogP contribution in [-0.2, 0) is 6.54 Å². The number of aromatic amines is 1. The summed E-state index contributed by atoms with van der Waals surface area (Å²) < 4.78 is 0. The van der Waals surface area contributed by atoms with Crippen molar-refractivity contribution in [2.75, 3.05) is 6.54 Å². The minimum atomic E-state index is 0.292. The monoisotopic (exact) mass is 339 g/mol. The molecule has 4 rings (SSSR count). The number of hydrogen-bond donors (Lipinski definition) is 1. The molecule has 1 saturated heterocycles. The number of hydrogen-bond acceptors (Lipinski definition) is 5. The zero-order valence-corrected chi connectivity index (χ0v) is 14.8. The summed E-state index contributed by atoms with van der Waals surface area (Å²) in [5.41, 5.74) is 3.25. The largest absolute Gasteiger partial charge is 0.343 e. The van der Waals surface area contributed by atoms with Crippen LogP contribution < -0.4 is 0 Å². The van der Waals surface area contributed by atoms with E-state index in [1.54, 1.807) is 6.20 Å². The Balaban J connectivity index is 1.63. The summed E-state index contributed by atoms with van der Waals surface area (Å²) in [5.74, 6) is 1.73. The Morgan fingerprint density at radius 2 is 2.25 bits per heavy atom. The second-order valence-electron chi connectivity index (χ2n) is 6.35. The third-order valence-corrected chi connectivity index (χ3v) is 5.60. The quantitative estimate of drug-likeness (QED) is 0.783. The first-order valence-electron chi connectivity index (χ1n) is 8.33. The molecule has 4 heterocycles. The molecule has 5 nitrogen and oxygen atoms in total. The lowest BCUT2D eigenvalue weighted by molar-refractivity contribution is 0.241. The highest BCUT2D eigenvalue weighted by molar-refractivity contribution is 7.10. The first-order valence-corrected chi connectivity index (χ1v) is 9.21. The number of rotatable bonds is 4. The Bertz CT molecular complexity index is 824. The molecule has 3 aromatic heterocycles. The van der Waals surface area contributed by atoms with Crippen molar-refractivity contribution >= 4 is 11.3 Å². The summed E-state index contributed by atoms with van der Waals surface area (Å²) in [7, 11) is 0. The van der Waals surface area contributed by atoms with Crippen LogP contribution in [-0.4, -0.2) is 31.4 Å². The van der Waals surface area contributed by atoms with E-state index in [9.17, 15) is 0 Å². The van der Waals surface area contributed by atoms with Crippen LogP contribution in [0.25, 0.3) is 11.5 Å². The molecule has 0 amide bonds. The van der Waals surface area contributed by atoms with E-state index < -0.39 is 0 Å². The Hall–Kier alpha value is -2.05. The Morgan fingerprint density at radius 1 is 1.33 bits per heavy atom. The van der Waals surface area contributed by atoms with Crippen LogP contribution in [0, 0.1) is 13.8 Å². The molecule has 124 valence electrons. The highest BCUT2D eigenvalue weighted by atomic mass is 32.1. The van der Waals surface area contributed by atoms with Crippen LogP contribution in [0.2, 0.25) is 0 Å². The number of H-pyrrole nitrogens is 1. The van der Waals surface area contributed by atoms with E-state index in [1.165, 1.54) is 16.9 Å². The first kappa shape index (κ1) is 15.5. The Morgan fingerprint density at radius 3 is 3.00 bits per heavy atom. The fourth-order valence-electron chi connectivity index (χ4n) is 3.33. The predicted molar refractivity (Wildman–Crippen MR) is 95.8 cm³/mol. The van der Waals surface area contributed by atoms with E-state index in [0.29, 0.717) is 6.04 Å². The smallest absolute Gasteiger partial charge is 0.156 e. The normalized spacial score (nSPS) is 18.3. The van der Waals surface area contributed by atoms with Crippen molar-refractivity contribution in [1.82, 2.24) is 24.8 Å². The van der Waals surface area contributed by atoms with Crippen molar-refractivity contribution in [2.24, 2.45) is 0 Å². The van der Waals surface area contributed by atoms with Crippen LogP contribution in [0.5, 0.6) is 0 Å². The van der Waals surface area contributed by atoms with Gasteiger partial charge in [-0.25, -0.2) is 15.0 Å². The zero-order chi connectivity index (χ0) is 16.5. The average molecular weight is 339 g/mol. The summed E-state index contributed by atoms with van der Waals surface area (Å²) >= 11 is 1.84. The van der Waals surface area contributed by atoms with E-state index >= 15 is 0 Å². The number of aryl methyl sites for hydroxylation is 2.